The first kappa shape index (κ1) is 29.2. The molecule has 1 heterocycles. The maximum absolute atomic E-state index is 14.4. The van der Waals surface area contributed by atoms with Gasteiger partial charge in [-0.2, -0.15) is 4.98 Å². The minimum absolute atomic E-state index is 0.00648. The van der Waals surface area contributed by atoms with Crippen molar-refractivity contribution in [3.8, 4) is 0 Å². The Morgan fingerprint density at radius 1 is 1.05 bits per heavy atom. The number of para-hydroxylation sites is 2. The first-order chi connectivity index (χ1) is 19.0. The summed E-state index contributed by atoms with van der Waals surface area (Å²) in [5.74, 6) is -1.55. The number of nitrogens with zero attached hydrogens (tertiary/aromatic N) is 2. The SMILES string of the molecule is CC(C)S(=O)(=O)c1ccccc1Nc1nc(Nc2ccc([S+](N)[O-])cc2)ncc1C(=O)Nc1c(F)cccc1Cl. The minimum Gasteiger partial charge on any atom is -0.593 e. The summed E-state index contributed by atoms with van der Waals surface area (Å²) in [6.45, 7) is 3.11. The molecule has 0 radical (unpaired) electrons. The largest absolute Gasteiger partial charge is 0.593 e. The molecule has 0 aliphatic carbocycles. The number of sulfone groups is 1. The molecule has 0 bridgehead atoms. The Hall–Kier alpha value is -3.75. The van der Waals surface area contributed by atoms with E-state index in [0.29, 0.717) is 10.6 Å². The highest BCUT2D eigenvalue weighted by Crippen LogP contribution is 2.31. The molecule has 0 saturated carbocycles. The van der Waals surface area contributed by atoms with Gasteiger partial charge in [0, 0.05) is 11.9 Å². The second-order valence-corrected chi connectivity index (χ2v) is 12.6. The van der Waals surface area contributed by atoms with E-state index in [1.54, 1.807) is 50.2 Å². The van der Waals surface area contributed by atoms with Crippen LogP contribution in [-0.2, 0) is 21.2 Å². The van der Waals surface area contributed by atoms with Gasteiger partial charge in [-0.3, -0.25) is 4.79 Å². The molecule has 40 heavy (non-hydrogen) atoms. The van der Waals surface area contributed by atoms with Gasteiger partial charge >= 0.3 is 0 Å². The number of hydrogen-bond acceptors (Lipinski definition) is 9. The van der Waals surface area contributed by atoms with Crippen molar-refractivity contribution in [3.63, 3.8) is 0 Å². The summed E-state index contributed by atoms with van der Waals surface area (Å²) in [4.78, 5) is 22.3. The van der Waals surface area contributed by atoms with Crippen molar-refractivity contribution in [2.75, 3.05) is 16.0 Å². The van der Waals surface area contributed by atoms with Gasteiger partial charge in [0.05, 0.1) is 37.9 Å². The molecule has 0 aliphatic heterocycles. The van der Waals surface area contributed by atoms with E-state index in [2.05, 4.69) is 25.9 Å². The number of carbonyl (C=O) groups is 1. The smallest absolute Gasteiger partial charge is 0.261 e. The van der Waals surface area contributed by atoms with Gasteiger partial charge in [-0.15, -0.1) is 5.14 Å². The molecule has 4 rings (SSSR count). The lowest BCUT2D eigenvalue weighted by atomic mass is 10.2. The van der Waals surface area contributed by atoms with Crippen LogP contribution in [0.4, 0.5) is 33.2 Å². The van der Waals surface area contributed by atoms with Crippen LogP contribution in [0.25, 0.3) is 0 Å². The summed E-state index contributed by atoms with van der Waals surface area (Å²) < 4.78 is 51.9. The highest BCUT2D eigenvalue weighted by molar-refractivity contribution is 7.92. The van der Waals surface area contributed by atoms with Crippen LogP contribution in [0.3, 0.4) is 0 Å². The van der Waals surface area contributed by atoms with Crippen molar-refractivity contribution in [3.05, 3.63) is 89.3 Å². The average Bonchev–Trinajstić information content (AvgIpc) is 2.91. The molecule has 14 heteroatoms. The van der Waals surface area contributed by atoms with Crippen molar-refractivity contribution >= 4 is 67.5 Å². The lowest BCUT2D eigenvalue weighted by Crippen LogP contribution is -2.19. The van der Waals surface area contributed by atoms with Crippen molar-refractivity contribution < 1.29 is 22.2 Å². The molecule has 3 aromatic carbocycles. The minimum atomic E-state index is -3.71. The third-order valence-electron chi connectivity index (χ3n) is 5.64. The third kappa shape index (κ3) is 6.51. The van der Waals surface area contributed by atoms with Gasteiger partial charge in [-0.25, -0.2) is 17.8 Å². The zero-order valence-electron chi connectivity index (χ0n) is 21.2. The molecule has 5 N–H and O–H groups in total. The van der Waals surface area contributed by atoms with Crippen molar-refractivity contribution in [2.45, 2.75) is 28.9 Å². The molecule has 10 nitrogen and oxygen atoms in total. The van der Waals surface area contributed by atoms with E-state index in [1.165, 1.54) is 30.5 Å². The third-order valence-corrected chi connectivity index (χ3v) is 8.91. The summed E-state index contributed by atoms with van der Waals surface area (Å²) in [7, 11) is -3.71. The summed E-state index contributed by atoms with van der Waals surface area (Å²) in [5, 5.41) is 13.0. The van der Waals surface area contributed by atoms with Gasteiger partial charge in [0.25, 0.3) is 5.91 Å². The molecular formula is C26H24ClFN6O4S2. The van der Waals surface area contributed by atoms with E-state index >= 15 is 0 Å². The van der Waals surface area contributed by atoms with E-state index in [1.807, 2.05) is 0 Å². The predicted octanol–water partition coefficient (Wildman–Crippen LogP) is 5.17. The number of nitrogens with two attached hydrogens (primary N) is 1. The lowest BCUT2D eigenvalue weighted by molar-refractivity contribution is 0.102. The van der Waals surface area contributed by atoms with E-state index in [4.69, 9.17) is 16.7 Å². The molecule has 1 aromatic heterocycles. The van der Waals surface area contributed by atoms with Crippen LogP contribution >= 0.6 is 11.6 Å². The Morgan fingerprint density at radius 3 is 2.40 bits per heavy atom. The van der Waals surface area contributed by atoms with E-state index in [0.717, 1.165) is 6.07 Å². The number of halogens is 2. The monoisotopic (exact) mass is 602 g/mol. The lowest BCUT2D eigenvalue weighted by Gasteiger charge is -2.17. The molecule has 1 amide bonds. The van der Waals surface area contributed by atoms with Crippen LogP contribution in [-0.4, -0.2) is 34.1 Å². The quantitative estimate of drug-likeness (QED) is 0.189. The molecule has 208 valence electrons. The standard InChI is InChI=1S/C26H24ClFN6O4S2/c1-15(2)40(37,38)22-9-4-3-8-21(22)32-24-18(25(35)33-23-19(27)6-5-7-20(23)28)14-30-26(34-24)31-16-10-12-17(13-11-16)39(29)36/h3-15H,29H2,1-2H3,(H,33,35)(H2,30,31,32,34). The Labute approximate surface area is 238 Å². The normalized spacial score (nSPS) is 12.2. The van der Waals surface area contributed by atoms with E-state index < -0.39 is 38.2 Å². The van der Waals surface area contributed by atoms with Crippen LogP contribution in [0, 0.1) is 5.82 Å². The highest BCUT2D eigenvalue weighted by Gasteiger charge is 2.24. The van der Waals surface area contributed by atoms with Crippen LogP contribution < -0.4 is 21.1 Å². The fraction of sp³-hybridized carbons (Fsp3) is 0.115. The fourth-order valence-corrected chi connectivity index (χ4v) is 5.32. The fourth-order valence-electron chi connectivity index (χ4n) is 3.50. The molecule has 0 spiro atoms. The molecule has 0 aliphatic rings. The topological polar surface area (TPSA) is 162 Å². The first-order valence-corrected chi connectivity index (χ1v) is 14.9. The van der Waals surface area contributed by atoms with Gasteiger partial charge in [0.15, 0.2) is 14.7 Å². The summed E-state index contributed by atoms with van der Waals surface area (Å²) in [6.07, 6.45) is 1.20. The Morgan fingerprint density at radius 2 is 1.75 bits per heavy atom. The van der Waals surface area contributed by atoms with Crippen LogP contribution in [0.15, 0.2) is 82.7 Å². The Bertz CT molecular complexity index is 1630. The van der Waals surface area contributed by atoms with E-state index in [-0.39, 0.29) is 38.6 Å². The second kappa shape index (κ2) is 12.2. The molecular weight excluding hydrogens is 579 g/mol. The molecule has 0 fully saturated rings. The number of amides is 1. The predicted molar refractivity (Wildman–Crippen MR) is 154 cm³/mol. The molecule has 1 atom stereocenters. The molecule has 4 aromatic rings. The van der Waals surface area contributed by atoms with E-state index in [9.17, 15) is 22.2 Å². The number of benzene rings is 3. The van der Waals surface area contributed by atoms with Crippen LogP contribution in [0.5, 0.6) is 0 Å². The maximum Gasteiger partial charge on any atom is 0.261 e. The highest BCUT2D eigenvalue weighted by atomic mass is 35.5. The molecule has 1 unspecified atom stereocenters. The number of rotatable bonds is 9. The van der Waals surface area contributed by atoms with Gasteiger partial charge < -0.3 is 20.5 Å². The van der Waals surface area contributed by atoms with Gasteiger partial charge in [0.2, 0.25) is 5.95 Å². The molecule has 0 saturated heterocycles. The van der Waals surface area contributed by atoms with Gasteiger partial charge in [-0.05, 0) is 62.4 Å². The summed E-state index contributed by atoms with van der Waals surface area (Å²) >= 11 is 4.42. The summed E-state index contributed by atoms with van der Waals surface area (Å²) in [6, 6.07) is 16.5. The number of nitrogens with one attached hydrogen (secondary N) is 3. The van der Waals surface area contributed by atoms with Crippen molar-refractivity contribution in [1.82, 2.24) is 9.97 Å². The number of aromatic nitrogens is 2. The maximum atomic E-state index is 14.4. The van der Waals surface area contributed by atoms with Gasteiger partial charge in [0.1, 0.15) is 17.2 Å². The van der Waals surface area contributed by atoms with Crippen LogP contribution in [0.2, 0.25) is 5.02 Å². The number of carbonyl (C=O) groups excluding carboxylic acids is 1. The van der Waals surface area contributed by atoms with Gasteiger partial charge in [-0.1, -0.05) is 29.8 Å². The zero-order valence-corrected chi connectivity index (χ0v) is 23.6. The average molecular weight is 603 g/mol. The van der Waals surface area contributed by atoms with Crippen molar-refractivity contribution in [2.24, 2.45) is 5.14 Å². The Balaban J connectivity index is 1.75. The Kier molecular flexibility index (Phi) is 8.91. The first-order valence-electron chi connectivity index (χ1n) is 11.7. The van der Waals surface area contributed by atoms with Crippen LogP contribution in [0.1, 0.15) is 24.2 Å². The summed E-state index contributed by atoms with van der Waals surface area (Å²) in [5.41, 5.74) is 0.352. The number of anilines is 5. The second-order valence-electron chi connectivity index (χ2n) is 8.67. The number of hydrogen-bond donors (Lipinski definition) is 4. The zero-order chi connectivity index (χ0) is 29.0. The van der Waals surface area contributed by atoms with Crippen molar-refractivity contribution in [1.29, 1.82) is 0 Å².